The molecule has 0 bridgehead atoms. The standard InChI is InChI=1S/C21H32F3N5O3/c1-14(2)28-10-11-29-12-16(25-17(29)13-28)18(30)26(5)20(4)6-8-27(9-7-20)19(31)32-15(3)21(22,23)24/h12,14-15H,6-11,13H2,1-5H3. The maximum Gasteiger partial charge on any atom is 0.425 e. The number of hydrogen-bond donors (Lipinski definition) is 0. The van der Waals surface area contributed by atoms with Crippen molar-refractivity contribution < 1.29 is 27.5 Å². The lowest BCUT2D eigenvalue weighted by atomic mass is 9.88. The Morgan fingerprint density at radius 3 is 2.34 bits per heavy atom. The summed E-state index contributed by atoms with van der Waals surface area (Å²) in [5.41, 5.74) is -0.160. The summed E-state index contributed by atoms with van der Waals surface area (Å²) >= 11 is 0. The number of ether oxygens (including phenoxy) is 1. The first-order valence-corrected chi connectivity index (χ1v) is 10.9. The summed E-state index contributed by atoms with van der Waals surface area (Å²) in [4.78, 5) is 35.0. The number of alkyl halides is 3. The number of aromatic nitrogens is 2. The van der Waals surface area contributed by atoms with Crippen LogP contribution in [0, 0.1) is 0 Å². The zero-order chi connectivity index (χ0) is 23.8. The second kappa shape index (κ2) is 8.92. The number of carbonyl (C=O) groups is 2. The van der Waals surface area contributed by atoms with Crippen molar-refractivity contribution in [2.75, 3.05) is 26.7 Å². The average molecular weight is 460 g/mol. The van der Waals surface area contributed by atoms with Crippen molar-refractivity contribution in [3.05, 3.63) is 17.7 Å². The zero-order valence-electron chi connectivity index (χ0n) is 19.3. The van der Waals surface area contributed by atoms with Gasteiger partial charge in [0.2, 0.25) is 0 Å². The van der Waals surface area contributed by atoms with Crippen LogP contribution in [0.2, 0.25) is 0 Å². The van der Waals surface area contributed by atoms with Gasteiger partial charge < -0.3 is 19.1 Å². The van der Waals surface area contributed by atoms with Gasteiger partial charge in [-0.25, -0.2) is 9.78 Å². The molecule has 3 rings (SSSR count). The first kappa shape index (κ1) is 24.3. The Hall–Kier alpha value is -2.30. The van der Waals surface area contributed by atoms with Gasteiger partial charge in [0.1, 0.15) is 11.5 Å². The molecule has 2 aliphatic rings. The van der Waals surface area contributed by atoms with E-state index in [0.717, 1.165) is 25.8 Å². The Kier molecular flexibility index (Phi) is 6.78. The number of nitrogens with zero attached hydrogens (tertiary/aromatic N) is 5. The summed E-state index contributed by atoms with van der Waals surface area (Å²) in [6.45, 7) is 9.78. The van der Waals surface area contributed by atoms with Crippen LogP contribution in [0.1, 0.15) is 56.8 Å². The highest BCUT2D eigenvalue weighted by Crippen LogP contribution is 2.30. The molecule has 1 aromatic heterocycles. The average Bonchev–Trinajstić information content (AvgIpc) is 3.15. The van der Waals surface area contributed by atoms with Crippen LogP contribution in [-0.2, 0) is 17.8 Å². The second-order valence-electron chi connectivity index (χ2n) is 9.22. The van der Waals surface area contributed by atoms with Crippen molar-refractivity contribution in [2.24, 2.45) is 0 Å². The molecule has 0 radical (unpaired) electrons. The molecule has 3 heterocycles. The van der Waals surface area contributed by atoms with Gasteiger partial charge in [-0.3, -0.25) is 9.69 Å². The first-order valence-electron chi connectivity index (χ1n) is 10.9. The summed E-state index contributed by atoms with van der Waals surface area (Å²) in [7, 11) is 1.71. The molecule has 0 N–H and O–H groups in total. The van der Waals surface area contributed by atoms with Gasteiger partial charge in [-0.2, -0.15) is 13.2 Å². The van der Waals surface area contributed by atoms with E-state index in [1.165, 1.54) is 4.90 Å². The van der Waals surface area contributed by atoms with Crippen molar-refractivity contribution in [1.82, 2.24) is 24.3 Å². The lowest BCUT2D eigenvalue weighted by Gasteiger charge is -2.44. The molecule has 1 aromatic rings. The molecule has 2 amide bonds. The Morgan fingerprint density at radius 2 is 1.78 bits per heavy atom. The molecule has 180 valence electrons. The predicted octanol–water partition coefficient (Wildman–Crippen LogP) is 3.12. The van der Waals surface area contributed by atoms with Gasteiger partial charge in [0.15, 0.2) is 6.10 Å². The second-order valence-corrected chi connectivity index (χ2v) is 9.22. The van der Waals surface area contributed by atoms with Crippen LogP contribution in [0.25, 0.3) is 0 Å². The lowest BCUT2D eigenvalue weighted by molar-refractivity contribution is -0.200. The molecule has 11 heteroatoms. The fourth-order valence-corrected chi connectivity index (χ4v) is 4.03. The van der Waals surface area contributed by atoms with Crippen molar-refractivity contribution >= 4 is 12.0 Å². The summed E-state index contributed by atoms with van der Waals surface area (Å²) in [6, 6.07) is 0.400. The van der Waals surface area contributed by atoms with Gasteiger partial charge in [-0.05, 0) is 40.5 Å². The quantitative estimate of drug-likeness (QED) is 0.692. The fraction of sp³-hybridized carbons (Fsp3) is 0.762. The number of likely N-dealkylation sites (tertiary alicyclic amines) is 1. The van der Waals surface area contributed by atoms with E-state index in [2.05, 4.69) is 28.5 Å². The van der Waals surface area contributed by atoms with E-state index in [1.807, 2.05) is 11.5 Å². The number of hydrogen-bond acceptors (Lipinski definition) is 5. The van der Waals surface area contributed by atoms with E-state index in [0.29, 0.717) is 31.1 Å². The third kappa shape index (κ3) is 5.02. The number of carbonyl (C=O) groups excluding carboxylic acids is 2. The van der Waals surface area contributed by atoms with Crippen LogP contribution >= 0.6 is 0 Å². The third-order valence-electron chi connectivity index (χ3n) is 6.73. The highest BCUT2D eigenvalue weighted by molar-refractivity contribution is 5.92. The van der Waals surface area contributed by atoms with Crippen LogP contribution in [-0.4, -0.2) is 86.8 Å². The highest BCUT2D eigenvalue weighted by Gasteiger charge is 2.42. The minimum atomic E-state index is -4.59. The number of amides is 2. The lowest BCUT2D eigenvalue weighted by Crippen LogP contribution is -2.55. The molecule has 1 unspecified atom stereocenters. The molecule has 0 aliphatic carbocycles. The summed E-state index contributed by atoms with van der Waals surface area (Å²) < 4.78 is 44.5. The van der Waals surface area contributed by atoms with Crippen LogP contribution in [0.3, 0.4) is 0 Å². The van der Waals surface area contributed by atoms with E-state index >= 15 is 0 Å². The van der Waals surface area contributed by atoms with Crippen LogP contribution in [0.15, 0.2) is 6.20 Å². The molecule has 1 atom stereocenters. The van der Waals surface area contributed by atoms with E-state index in [9.17, 15) is 22.8 Å². The minimum Gasteiger partial charge on any atom is -0.437 e. The first-order chi connectivity index (χ1) is 14.8. The Bertz CT molecular complexity index is 846. The van der Waals surface area contributed by atoms with Gasteiger partial charge in [0, 0.05) is 51.0 Å². The zero-order valence-corrected chi connectivity index (χ0v) is 19.3. The maximum absolute atomic E-state index is 13.2. The van der Waals surface area contributed by atoms with Crippen LogP contribution in [0.5, 0.6) is 0 Å². The largest absolute Gasteiger partial charge is 0.437 e. The minimum absolute atomic E-state index is 0.202. The summed E-state index contributed by atoms with van der Waals surface area (Å²) in [6.07, 6.45) is -5.09. The number of halogens is 3. The van der Waals surface area contributed by atoms with E-state index in [-0.39, 0.29) is 19.0 Å². The maximum atomic E-state index is 13.2. The topological polar surface area (TPSA) is 70.9 Å². The van der Waals surface area contributed by atoms with Gasteiger partial charge in [-0.15, -0.1) is 0 Å². The number of rotatable bonds is 4. The molecule has 8 nitrogen and oxygen atoms in total. The molecule has 0 spiro atoms. The van der Waals surface area contributed by atoms with Gasteiger partial charge >= 0.3 is 12.3 Å². The normalized spacial score (nSPS) is 20.1. The van der Waals surface area contributed by atoms with E-state index < -0.39 is 23.9 Å². The molecular formula is C21H32F3N5O3. The number of imidazole rings is 1. The number of fused-ring (bicyclic) bond motifs is 1. The predicted molar refractivity (Wildman–Crippen MR) is 111 cm³/mol. The third-order valence-corrected chi connectivity index (χ3v) is 6.73. The van der Waals surface area contributed by atoms with Crippen molar-refractivity contribution in [2.45, 2.75) is 77.5 Å². The SMILES string of the molecule is CC(C)N1CCn2cc(C(=O)N(C)C3(C)CCN(C(=O)OC(C)C(F)(F)F)CC3)nc2C1. The van der Waals surface area contributed by atoms with E-state index in [4.69, 9.17) is 0 Å². The molecule has 0 aromatic carbocycles. The monoisotopic (exact) mass is 459 g/mol. The number of piperidine rings is 1. The molecule has 1 fully saturated rings. The van der Waals surface area contributed by atoms with Crippen LogP contribution in [0.4, 0.5) is 18.0 Å². The van der Waals surface area contributed by atoms with Gasteiger partial charge in [0.25, 0.3) is 5.91 Å². The van der Waals surface area contributed by atoms with Crippen molar-refractivity contribution in [1.29, 1.82) is 0 Å². The highest BCUT2D eigenvalue weighted by atomic mass is 19.4. The Labute approximate surface area is 186 Å². The Morgan fingerprint density at radius 1 is 1.16 bits per heavy atom. The van der Waals surface area contributed by atoms with Crippen molar-refractivity contribution in [3.63, 3.8) is 0 Å². The molecule has 1 saturated heterocycles. The van der Waals surface area contributed by atoms with Crippen LogP contribution < -0.4 is 0 Å². The van der Waals surface area contributed by atoms with Crippen molar-refractivity contribution in [3.8, 4) is 0 Å². The Balaban J connectivity index is 1.61. The summed E-state index contributed by atoms with van der Waals surface area (Å²) in [5.74, 6) is 0.662. The summed E-state index contributed by atoms with van der Waals surface area (Å²) in [5, 5.41) is 0. The molecule has 2 aliphatic heterocycles. The molecular weight excluding hydrogens is 427 g/mol. The van der Waals surface area contributed by atoms with Gasteiger partial charge in [-0.1, -0.05) is 0 Å². The molecule has 0 saturated carbocycles. The fourth-order valence-electron chi connectivity index (χ4n) is 4.03. The van der Waals surface area contributed by atoms with Gasteiger partial charge in [0.05, 0.1) is 6.54 Å². The molecule has 32 heavy (non-hydrogen) atoms. The smallest absolute Gasteiger partial charge is 0.425 e. The van der Waals surface area contributed by atoms with E-state index in [1.54, 1.807) is 18.1 Å².